The number of aryl methyl sites for hydroxylation is 1. The first kappa shape index (κ1) is 23.5. The zero-order chi connectivity index (χ0) is 24.1. The van der Waals surface area contributed by atoms with Crippen molar-refractivity contribution in [1.29, 1.82) is 5.26 Å². The molecule has 2 aliphatic heterocycles. The van der Waals surface area contributed by atoms with Crippen LogP contribution in [0.1, 0.15) is 40.4 Å². The monoisotopic (exact) mass is 469 g/mol. The number of aromatic nitrogens is 2. The normalized spacial score (nSPS) is 21.8. The fourth-order valence-electron chi connectivity index (χ4n) is 3.66. The Morgan fingerprint density at radius 3 is 2.85 bits per heavy atom. The average Bonchev–Trinajstić information content (AvgIpc) is 3.34. The van der Waals surface area contributed by atoms with Gasteiger partial charge in [-0.15, -0.1) is 0 Å². The summed E-state index contributed by atoms with van der Waals surface area (Å²) in [7, 11) is 1.38. The fraction of sp³-hybridized carbons (Fsp3) is 0.435. The number of carbonyl (C=O) groups excluding carboxylic acids is 1. The lowest BCUT2D eigenvalue weighted by atomic mass is 10.0. The number of halogens is 1. The van der Waals surface area contributed by atoms with E-state index in [0.717, 1.165) is 0 Å². The minimum Gasteiger partial charge on any atom is -0.494 e. The standard InChI is InChI=1S/C23H24FN5O5/c1-13-27-17(18-9-21(34-29-18)22-12-32-15(5-6-25)11-33-22)8-19(28-13)23(30)26-10-14-3-4-16(24)20(7-14)31-2/h3-4,7-8,15,21-22H,5,9-12H2,1-2H3,(H,26,30)/t15-,21?,22-/m1/s1. The van der Waals surface area contributed by atoms with E-state index in [9.17, 15) is 9.18 Å². The highest BCUT2D eigenvalue weighted by Crippen LogP contribution is 2.24. The first-order chi connectivity index (χ1) is 16.5. The predicted molar refractivity (Wildman–Crippen MR) is 117 cm³/mol. The molecule has 1 aromatic carbocycles. The summed E-state index contributed by atoms with van der Waals surface area (Å²) in [6.45, 7) is 2.49. The van der Waals surface area contributed by atoms with Crippen molar-refractivity contribution >= 4 is 11.6 Å². The Bertz CT molecular complexity index is 1130. The summed E-state index contributed by atoms with van der Waals surface area (Å²) in [6.07, 6.45) is -0.179. The number of rotatable bonds is 7. The third-order valence-electron chi connectivity index (χ3n) is 5.45. The number of amides is 1. The Balaban J connectivity index is 1.37. The summed E-state index contributed by atoms with van der Waals surface area (Å²) < 4.78 is 30.0. The highest BCUT2D eigenvalue weighted by Gasteiger charge is 2.35. The van der Waals surface area contributed by atoms with Crippen molar-refractivity contribution in [3.63, 3.8) is 0 Å². The van der Waals surface area contributed by atoms with Crippen LogP contribution in [-0.2, 0) is 20.9 Å². The summed E-state index contributed by atoms with van der Waals surface area (Å²) in [5.74, 6) is -0.361. The van der Waals surface area contributed by atoms with Crippen molar-refractivity contribution < 1.29 is 28.2 Å². The van der Waals surface area contributed by atoms with Crippen LogP contribution in [0.15, 0.2) is 29.4 Å². The molecule has 0 spiro atoms. The van der Waals surface area contributed by atoms with Crippen LogP contribution in [0.2, 0.25) is 0 Å². The van der Waals surface area contributed by atoms with Gasteiger partial charge in [-0.3, -0.25) is 4.79 Å². The minimum atomic E-state index is -0.473. The zero-order valence-electron chi connectivity index (χ0n) is 18.8. The molecule has 1 unspecified atom stereocenters. The number of carbonyl (C=O) groups is 1. The van der Waals surface area contributed by atoms with Gasteiger partial charge in [-0.25, -0.2) is 14.4 Å². The van der Waals surface area contributed by atoms with Crippen molar-refractivity contribution in [3.8, 4) is 11.8 Å². The van der Waals surface area contributed by atoms with Gasteiger partial charge in [0.2, 0.25) is 0 Å². The van der Waals surface area contributed by atoms with E-state index >= 15 is 0 Å². The van der Waals surface area contributed by atoms with E-state index in [1.807, 2.05) is 0 Å². The molecule has 0 aliphatic carbocycles. The van der Waals surface area contributed by atoms with Crippen LogP contribution in [0.25, 0.3) is 0 Å². The number of benzene rings is 1. The maximum Gasteiger partial charge on any atom is 0.270 e. The molecule has 3 atom stereocenters. The lowest BCUT2D eigenvalue weighted by Crippen LogP contribution is -2.42. The third-order valence-corrected chi connectivity index (χ3v) is 5.45. The van der Waals surface area contributed by atoms with Gasteiger partial charge < -0.3 is 24.4 Å². The molecule has 2 aliphatic rings. The molecular formula is C23H24FN5O5. The van der Waals surface area contributed by atoms with E-state index < -0.39 is 11.7 Å². The second-order valence-corrected chi connectivity index (χ2v) is 7.91. The molecule has 1 saturated heterocycles. The third kappa shape index (κ3) is 5.47. The topological polar surface area (TPSA) is 128 Å². The van der Waals surface area contributed by atoms with Crippen molar-refractivity contribution in [1.82, 2.24) is 15.3 Å². The maximum atomic E-state index is 13.6. The molecule has 1 N–H and O–H groups in total. The van der Waals surface area contributed by atoms with Crippen LogP contribution in [-0.4, -0.2) is 60.2 Å². The number of oxime groups is 1. The number of hydrogen-bond acceptors (Lipinski definition) is 9. The van der Waals surface area contributed by atoms with Gasteiger partial charge in [0, 0.05) is 13.0 Å². The molecule has 0 bridgehead atoms. The predicted octanol–water partition coefficient (Wildman–Crippen LogP) is 2.05. The van der Waals surface area contributed by atoms with E-state index in [2.05, 4.69) is 26.5 Å². The van der Waals surface area contributed by atoms with Gasteiger partial charge >= 0.3 is 0 Å². The second kappa shape index (κ2) is 10.5. The Labute approximate surface area is 195 Å². The molecule has 0 saturated carbocycles. The van der Waals surface area contributed by atoms with Crippen LogP contribution in [0.5, 0.6) is 5.75 Å². The molecule has 1 fully saturated rings. The van der Waals surface area contributed by atoms with E-state index in [-0.39, 0.29) is 42.7 Å². The maximum absolute atomic E-state index is 13.6. The minimum absolute atomic E-state index is 0.105. The first-order valence-corrected chi connectivity index (χ1v) is 10.8. The Morgan fingerprint density at radius 1 is 1.26 bits per heavy atom. The molecule has 11 heteroatoms. The summed E-state index contributed by atoms with van der Waals surface area (Å²) in [4.78, 5) is 26.9. The lowest BCUT2D eigenvalue weighted by Gasteiger charge is -2.30. The van der Waals surface area contributed by atoms with E-state index in [1.54, 1.807) is 19.1 Å². The molecule has 1 amide bonds. The van der Waals surface area contributed by atoms with E-state index in [0.29, 0.717) is 42.4 Å². The largest absolute Gasteiger partial charge is 0.494 e. The molecule has 2 aromatic rings. The summed E-state index contributed by atoms with van der Waals surface area (Å²) in [6, 6.07) is 8.00. The van der Waals surface area contributed by atoms with Crippen LogP contribution >= 0.6 is 0 Å². The van der Waals surface area contributed by atoms with Crippen molar-refractivity contribution in [3.05, 3.63) is 52.9 Å². The number of methoxy groups -OCH3 is 1. The Morgan fingerprint density at radius 2 is 2.12 bits per heavy atom. The van der Waals surface area contributed by atoms with Crippen LogP contribution in [0.4, 0.5) is 4.39 Å². The lowest BCUT2D eigenvalue weighted by molar-refractivity contribution is -0.169. The number of nitriles is 1. The van der Waals surface area contributed by atoms with Crippen molar-refractivity contribution in [2.24, 2.45) is 5.16 Å². The van der Waals surface area contributed by atoms with Gasteiger partial charge in [0.15, 0.2) is 17.7 Å². The highest BCUT2D eigenvalue weighted by molar-refractivity contribution is 6.02. The molecule has 3 heterocycles. The zero-order valence-corrected chi connectivity index (χ0v) is 18.8. The van der Waals surface area contributed by atoms with Gasteiger partial charge in [0.1, 0.15) is 23.3 Å². The Hall–Kier alpha value is -3.62. The quantitative estimate of drug-likeness (QED) is 0.653. The van der Waals surface area contributed by atoms with Crippen molar-refractivity contribution in [2.45, 2.75) is 44.6 Å². The highest BCUT2D eigenvalue weighted by atomic mass is 19.1. The van der Waals surface area contributed by atoms with Gasteiger partial charge in [0.05, 0.1) is 44.6 Å². The van der Waals surface area contributed by atoms with E-state index in [4.69, 9.17) is 24.3 Å². The second-order valence-electron chi connectivity index (χ2n) is 7.91. The number of hydrogen-bond donors (Lipinski definition) is 1. The van der Waals surface area contributed by atoms with Gasteiger partial charge in [0.25, 0.3) is 5.91 Å². The number of nitrogens with zero attached hydrogens (tertiary/aromatic N) is 4. The molecular weight excluding hydrogens is 445 g/mol. The molecule has 178 valence electrons. The fourth-order valence-corrected chi connectivity index (χ4v) is 3.66. The van der Waals surface area contributed by atoms with Gasteiger partial charge in [-0.1, -0.05) is 11.2 Å². The van der Waals surface area contributed by atoms with E-state index in [1.165, 1.54) is 19.2 Å². The van der Waals surface area contributed by atoms with Crippen LogP contribution in [0, 0.1) is 24.1 Å². The van der Waals surface area contributed by atoms with Crippen molar-refractivity contribution in [2.75, 3.05) is 20.3 Å². The van der Waals surface area contributed by atoms with Crippen LogP contribution in [0.3, 0.4) is 0 Å². The first-order valence-electron chi connectivity index (χ1n) is 10.8. The molecule has 1 aromatic heterocycles. The summed E-state index contributed by atoms with van der Waals surface area (Å²) in [5, 5.41) is 15.7. The molecule has 0 radical (unpaired) electrons. The van der Waals surface area contributed by atoms with Crippen LogP contribution < -0.4 is 10.1 Å². The average molecular weight is 469 g/mol. The number of ether oxygens (including phenoxy) is 3. The summed E-state index contributed by atoms with van der Waals surface area (Å²) in [5.41, 5.74) is 1.93. The smallest absolute Gasteiger partial charge is 0.270 e. The SMILES string of the molecule is COc1cc(CNC(=O)c2cc(C3=NOC([C@H]4CO[C@H](CC#N)CO4)C3)nc(C)n2)ccc1F. The molecule has 34 heavy (non-hydrogen) atoms. The summed E-state index contributed by atoms with van der Waals surface area (Å²) >= 11 is 0. The molecule has 10 nitrogen and oxygen atoms in total. The van der Waals surface area contributed by atoms with Gasteiger partial charge in [-0.2, -0.15) is 5.26 Å². The number of nitrogens with one attached hydrogen (secondary N) is 1. The van der Waals surface area contributed by atoms with Gasteiger partial charge in [-0.05, 0) is 30.7 Å². The molecule has 4 rings (SSSR count). The Kier molecular flexibility index (Phi) is 7.30.